The molecule has 0 amide bonds. The number of nitrogens with one attached hydrogen (secondary N) is 1. The molecule has 164 valence electrons. The number of esters is 2. The molecular formula is C23H20ClN3O5. The molecule has 8 nitrogen and oxygen atoms in total. The molecule has 32 heavy (non-hydrogen) atoms. The molecule has 2 aromatic carbocycles. The number of nitrogens with zero attached hydrogens (tertiary/aromatic N) is 2. The van der Waals surface area contributed by atoms with Crippen LogP contribution < -0.4 is 10.1 Å². The van der Waals surface area contributed by atoms with E-state index in [0.29, 0.717) is 33.9 Å². The topological polar surface area (TPSA) is 111 Å². The second kappa shape index (κ2) is 9.98. The molecule has 0 unspecified atom stereocenters. The lowest BCUT2D eigenvalue weighted by Crippen LogP contribution is -2.12. The summed E-state index contributed by atoms with van der Waals surface area (Å²) >= 11 is 6.22. The summed E-state index contributed by atoms with van der Waals surface area (Å²) in [6.07, 6.45) is 1.34. The maximum atomic E-state index is 12.6. The Balaban J connectivity index is 2.16. The van der Waals surface area contributed by atoms with Crippen LogP contribution in [-0.4, -0.2) is 37.7 Å². The summed E-state index contributed by atoms with van der Waals surface area (Å²) in [4.78, 5) is 29.2. The lowest BCUT2D eigenvalue weighted by atomic mass is 10.0. The van der Waals surface area contributed by atoms with Gasteiger partial charge < -0.3 is 19.5 Å². The number of hydrogen-bond donors (Lipinski definition) is 1. The SMILES string of the molecule is CCOC(=O)c1cnc2c(C(=O)OC)cc(C#N)cc2c1NCc1ccc(OC)c(Cl)c1. The number of carbonyl (C=O) groups excluding carboxylic acids is 2. The molecule has 9 heteroatoms. The van der Waals surface area contributed by atoms with E-state index >= 15 is 0 Å². The van der Waals surface area contributed by atoms with Gasteiger partial charge in [0.2, 0.25) is 0 Å². The number of halogens is 1. The number of nitriles is 1. The maximum absolute atomic E-state index is 12.6. The van der Waals surface area contributed by atoms with Crippen LogP contribution in [0.1, 0.15) is 38.8 Å². The largest absolute Gasteiger partial charge is 0.495 e. The highest BCUT2D eigenvalue weighted by Gasteiger charge is 2.21. The number of rotatable bonds is 7. The van der Waals surface area contributed by atoms with E-state index in [1.54, 1.807) is 25.1 Å². The molecular weight excluding hydrogens is 434 g/mol. The molecule has 0 aliphatic carbocycles. The van der Waals surface area contributed by atoms with E-state index in [4.69, 9.17) is 25.8 Å². The number of carbonyl (C=O) groups is 2. The second-order valence-electron chi connectivity index (χ2n) is 6.61. The van der Waals surface area contributed by atoms with Crippen molar-refractivity contribution in [3.05, 3.63) is 63.8 Å². The summed E-state index contributed by atoms with van der Waals surface area (Å²) in [6, 6.07) is 10.3. The van der Waals surface area contributed by atoms with Crippen molar-refractivity contribution >= 4 is 40.1 Å². The van der Waals surface area contributed by atoms with Crippen LogP contribution >= 0.6 is 11.6 Å². The summed E-state index contributed by atoms with van der Waals surface area (Å²) in [7, 11) is 2.77. The standard InChI is InChI=1S/C23H20ClN3O5/c1-4-32-23(29)17-12-27-20-15(7-14(10-25)8-16(20)22(28)31-3)21(17)26-11-13-5-6-19(30-2)18(24)9-13/h5-9,12H,4,11H2,1-3H3,(H,26,27). The molecule has 0 spiro atoms. The van der Waals surface area contributed by atoms with Gasteiger partial charge >= 0.3 is 11.9 Å². The lowest BCUT2D eigenvalue weighted by molar-refractivity contribution is 0.0526. The lowest BCUT2D eigenvalue weighted by Gasteiger charge is -2.16. The Bertz CT molecular complexity index is 1240. The Morgan fingerprint density at radius 2 is 1.94 bits per heavy atom. The highest BCUT2D eigenvalue weighted by atomic mass is 35.5. The molecule has 0 aliphatic rings. The normalized spacial score (nSPS) is 10.3. The zero-order valence-corrected chi connectivity index (χ0v) is 18.4. The number of methoxy groups -OCH3 is 2. The van der Waals surface area contributed by atoms with E-state index in [1.165, 1.54) is 26.5 Å². The molecule has 0 atom stereocenters. The fourth-order valence-corrected chi connectivity index (χ4v) is 3.48. The molecule has 1 aromatic heterocycles. The van der Waals surface area contributed by atoms with Crippen LogP contribution in [0.3, 0.4) is 0 Å². The van der Waals surface area contributed by atoms with Gasteiger partial charge in [-0.25, -0.2) is 9.59 Å². The number of pyridine rings is 1. The van der Waals surface area contributed by atoms with E-state index in [1.807, 2.05) is 12.1 Å². The van der Waals surface area contributed by atoms with Gasteiger partial charge in [0.05, 0.1) is 54.2 Å². The number of anilines is 1. The Labute approximate surface area is 189 Å². The number of fused-ring (bicyclic) bond motifs is 1. The number of ether oxygens (including phenoxy) is 3. The van der Waals surface area contributed by atoms with Crippen molar-refractivity contribution in [2.24, 2.45) is 0 Å². The minimum Gasteiger partial charge on any atom is -0.495 e. The molecule has 0 radical (unpaired) electrons. The zero-order chi connectivity index (χ0) is 23.3. The zero-order valence-electron chi connectivity index (χ0n) is 17.7. The highest BCUT2D eigenvalue weighted by Crippen LogP contribution is 2.32. The van der Waals surface area contributed by atoms with E-state index in [9.17, 15) is 14.9 Å². The minimum absolute atomic E-state index is 0.118. The second-order valence-corrected chi connectivity index (χ2v) is 7.02. The number of benzene rings is 2. The van der Waals surface area contributed by atoms with Crippen LogP contribution in [0.15, 0.2) is 36.5 Å². The molecule has 3 aromatic rings. The molecule has 0 bridgehead atoms. The van der Waals surface area contributed by atoms with Crippen LogP contribution in [0.5, 0.6) is 5.75 Å². The van der Waals surface area contributed by atoms with E-state index in [-0.39, 0.29) is 23.3 Å². The third-order valence-corrected chi connectivity index (χ3v) is 4.98. The Morgan fingerprint density at radius 3 is 2.56 bits per heavy atom. The first-order valence-electron chi connectivity index (χ1n) is 9.62. The molecule has 1 heterocycles. The van der Waals surface area contributed by atoms with Gasteiger partial charge in [-0.1, -0.05) is 17.7 Å². The van der Waals surface area contributed by atoms with Gasteiger partial charge in [0.25, 0.3) is 0 Å². The molecule has 0 aliphatic heterocycles. The molecule has 1 N–H and O–H groups in total. The average molecular weight is 454 g/mol. The third-order valence-electron chi connectivity index (χ3n) is 4.69. The predicted molar refractivity (Wildman–Crippen MR) is 119 cm³/mol. The van der Waals surface area contributed by atoms with Crippen LogP contribution in [0.25, 0.3) is 10.9 Å². The smallest absolute Gasteiger partial charge is 0.341 e. The Morgan fingerprint density at radius 1 is 1.16 bits per heavy atom. The van der Waals surface area contributed by atoms with Gasteiger partial charge in [-0.05, 0) is 36.8 Å². The van der Waals surface area contributed by atoms with Gasteiger partial charge in [-0.2, -0.15) is 5.26 Å². The summed E-state index contributed by atoms with van der Waals surface area (Å²) < 4.78 is 15.2. The molecule has 0 fully saturated rings. The number of hydrogen-bond acceptors (Lipinski definition) is 8. The van der Waals surface area contributed by atoms with E-state index in [2.05, 4.69) is 10.3 Å². The van der Waals surface area contributed by atoms with Crippen LogP contribution in [0.4, 0.5) is 5.69 Å². The summed E-state index contributed by atoms with van der Waals surface area (Å²) in [5.74, 6) is -0.686. The molecule has 0 saturated carbocycles. The van der Waals surface area contributed by atoms with Crippen molar-refractivity contribution in [2.75, 3.05) is 26.1 Å². The van der Waals surface area contributed by atoms with Crippen molar-refractivity contribution in [3.8, 4) is 11.8 Å². The Kier molecular flexibility index (Phi) is 7.13. The van der Waals surface area contributed by atoms with Crippen molar-refractivity contribution in [1.82, 2.24) is 4.98 Å². The average Bonchev–Trinajstić information content (AvgIpc) is 2.81. The van der Waals surface area contributed by atoms with Crippen LogP contribution in [-0.2, 0) is 16.0 Å². The summed E-state index contributed by atoms with van der Waals surface area (Å²) in [5.41, 5.74) is 2.00. The Hall–Kier alpha value is -3.83. The van der Waals surface area contributed by atoms with E-state index in [0.717, 1.165) is 5.56 Å². The van der Waals surface area contributed by atoms with Crippen LogP contribution in [0, 0.1) is 11.3 Å². The van der Waals surface area contributed by atoms with Gasteiger partial charge in [0.1, 0.15) is 11.3 Å². The first-order chi connectivity index (χ1) is 15.4. The quantitative estimate of drug-likeness (QED) is 0.526. The monoisotopic (exact) mass is 453 g/mol. The van der Waals surface area contributed by atoms with Crippen molar-refractivity contribution in [2.45, 2.75) is 13.5 Å². The van der Waals surface area contributed by atoms with Crippen molar-refractivity contribution in [1.29, 1.82) is 5.26 Å². The van der Waals surface area contributed by atoms with Crippen molar-refractivity contribution in [3.63, 3.8) is 0 Å². The fraction of sp³-hybridized carbons (Fsp3) is 0.217. The fourth-order valence-electron chi connectivity index (χ4n) is 3.20. The summed E-state index contributed by atoms with van der Waals surface area (Å²) in [5, 5.41) is 13.5. The highest BCUT2D eigenvalue weighted by molar-refractivity contribution is 6.32. The molecule has 0 saturated heterocycles. The molecule has 3 rings (SSSR count). The predicted octanol–water partition coefficient (Wildman–Crippen LogP) is 4.34. The number of aromatic nitrogens is 1. The first-order valence-corrected chi connectivity index (χ1v) is 9.99. The van der Waals surface area contributed by atoms with Crippen LogP contribution in [0.2, 0.25) is 5.02 Å². The minimum atomic E-state index is -0.642. The van der Waals surface area contributed by atoms with Gasteiger partial charge in [-0.3, -0.25) is 4.98 Å². The third kappa shape index (κ3) is 4.58. The van der Waals surface area contributed by atoms with E-state index < -0.39 is 11.9 Å². The van der Waals surface area contributed by atoms with Gasteiger partial charge in [0, 0.05) is 18.1 Å². The van der Waals surface area contributed by atoms with Gasteiger partial charge in [0.15, 0.2) is 0 Å². The summed E-state index contributed by atoms with van der Waals surface area (Å²) in [6.45, 7) is 2.16. The first kappa shape index (κ1) is 22.8. The maximum Gasteiger partial charge on any atom is 0.341 e. The van der Waals surface area contributed by atoms with Gasteiger partial charge in [-0.15, -0.1) is 0 Å². The van der Waals surface area contributed by atoms with Crippen molar-refractivity contribution < 1.29 is 23.8 Å².